The van der Waals surface area contributed by atoms with Gasteiger partial charge < -0.3 is 4.90 Å². The molecule has 0 aliphatic heterocycles. The number of hydrogen-bond donors (Lipinski definition) is 0. The highest BCUT2D eigenvalue weighted by Gasteiger charge is 2.17. The first-order chi connectivity index (χ1) is 23.8. The lowest BCUT2D eigenvalue weighted by Crippen LogP contribution is -2.10. The molecule has 48 heavy (non-hydrogen) atoms. The molecule has 0 aliphatic rings. The number of para-hydroxylation sites is 3. The third-order valence-corrected chi connectivity index (χ3v) is 9.70. The predicted octanol–water partition coefficient (Wildman–Crippen LogP) is 12.2. The van der Waals surface area contributed by atoms with E-state index in [0.29, 0.717) is 0 Å². The summed E-state index contributed by atoms with van der Waals surface area (Å²) in [5.74, 6) is 0. The number of hydrogen-bond acceptors (Lipinski definition) is 2. The maximum Gasteiger partial charge on any atom is 0.146 e. The Labute approximate surface area is 277 Å². The minimum atomic E-state index is 0.996. The first-order valence-corrected chi connectivity index (χ1v) is 16.4. The van der Waals surface area contributed by atoms with Crippen molar-refractivity contribution in [3.05, 3.63) is 176 Å². The van der Waals surface area contributed by atoms with E-state index in [1.54, 1.807) is 0 Å². The van der Waals surface area contributed by atoms with Crippen LogP contribution < -0.4 is 4.90 Å². The number of rotatable bonds is 4. The largest absolute Gasteiger partial charge is 0.310 e. The molecule has 3 nitrogen and oxygen atoms in total. The smallest absolute Gasteiger partial charge is 0.146 e. The molecule has 0 N–H and O–H groups in total. The van der Waals surface area contributed by atoms with Crippen LogP contribution in [0, 0.1) is 0 Å². The van der Waals surface area contributed by atoms with Gasteiger partial charge in [0.25, 0.3) is 0 Å². The van der Waals surface area contributed by atoms with Gasteiger partial charge in [0, 0.05) is 27.5 Å². The standard InChI is InChI=1S/C45H29N3/c1-2-15-35(16-3-1)47(42-20-10-14-31-11-6-7-17-37(31)42)36-24-21-30(22-25-36)34-23-26-43-39(28-34)38-27-32-12-4-5-13-33(32)29-40(38)45-46-41-18-8-9-19-44(41)48(43)45/h1-29H. The van der Waals surface area contributed by atoms with E-state index in [2.05, 4.69) is 185 Å². The Morgan fingerprint density at radius 2 is 1.04 bits per heavy atom. The van der Waals surface area contributed by atoms with Crippen molar-refractivity contribution in [2.45, 2.75) is 0 Å². The van der Waals surface area contributed by atoms with Crippen molar-refractivity contribution in [3.8, 4) is 11.1 Å². The Kier molecular flexibility index (Phi) is 5.87. The number of imidazole rings is 1. The van der Waals surface area contributed by atoms with E-state index in [-0.39, 0.29) is 0 Å². The minimum Gasteiger partial charge on any atom is -0.310 e. The van der Waals surface area contributed by atoms with Gasteiger partial charge in [-0.05, 0) is 99.4 Å². The fourth-order valence-corrected chi connectivity index (χ4v) is 7.44. The van der Waals surface area contributed by atoms with Gasteiger partial charge in [-0.15, -0.1) is 0 Å². The molecule has 0 bridgehead atoms. The monoisotopic (exact) mass is 611 g/mol. The Bertz CT molecular complexity index is 2830. The van der Waals surface area contributed by atoms with E-state index >= 15 is 0 Å². The van der Waals surface area contributed by atoms with Gasteiger partial charge in [-0.3, -0.25) is 4.40 Å². The third-order valence-electron chi connectivity index (χ3n) is 9.70. The Balaban J connectivity index is 1.16. The van der Waals surface area contributed by atoms with Crippen molar-refractivity contribution in [1.29, 1.82) is 0 Å². The number of benzene rings is 8. The summed E-state index contributed by atoms with van der Waals surface area (Å²) in [6.45, 7) is 0. The van der Waals surface area contributed by atoms with Crippen LogP contribution in [0.3, 0.4) is 0 Å². The molecular formula is C45H29N3. The molecule has 0 unspecified atom stereocenters. The van der Waals surface area contributed by atoms with E-state index in [0.717, 1.165) is 39.3 Å². The van der Waals surface area contributed by atoms with Crippen LogP contribution in [-0.4, -0.2) is 9.38 Å². The highest BCUT2D eigenvalue weighted by Crippen LogP contribution is 2.40. The van der Waals surface area contributed by atoms with Gasteiger partial charge in [0.1, 0.15) is 5.65 Å². The normalized spacial score (nSPS) is 11.8. The van der Waals surface area contributed by atoms with Crippen LogP contribution in [0.25, 0.3) is 71.0 Å². The van der Waals surface area contributed by atoms with Gasteiger partial charge in [-0.25, -0.2) is 4.98 Å². The first kappa shape index (κ1) is 26.7. The van der Waals surface area contributed by atoms with Crippen molar-refractivity contribution in [2.24, 2.45) is 0 Å². The second-order valence-corrected chi connectivity index (χ2v) is 12.5. The lowest BCUT2D eigenvalue weighted by atomic mass is 9.97. The van der Waals surface area contributed by atoms with Crippen LogP contribution in [0.15, 0.2) is 176 Å². The molecule has 3 heteroatoms. The Hall–Kier alpha value is -6.45. The zero-order chi connectivity index (χ0) is 31.6. The molecule has 8 aromatic carbocycles. The molecule has 0 spiro atoms. The highest BCUT2D eigenvalue weighted by molar-refractivity contribution is 6.18. The van der Waals surface area contributed by atoms with Gasteiger partial charge in [0.2, 0.25) is 0 Å². The van der Waals surface area contributed by atoms with E-state index in [1.807, 2.05) is 0 Å². The summed E-state index contributed by atoms with van der Waals surface area (Å²) in [4.78, 5) is 7.49. The lowest BCUT2D eigenvalue weighted by molar-refractivity contribution is 1.30. The summed E-state index contributed by atoms with van der Waals surface area (Å²) in [5, 5.41) is 8.50. The molecule has 0 fully saturated rings. The zero-order valence-corrected chi connectivity index (χ0v) is 26.1. The van der Waals surface area contributed by atoms with Crippen LogP contribution in [-0.2, 0) is 0 Å². The van der Waals surface area contributed by atoms with Crippen molar-refractivity contribution in [3.63, 3.8) is 0 Å². The van der Waals surface area contributed by atoms with Gasteiger partial charge in [0.15, 0.2) is 0 Å². The van der Waals surface area contributed by atoms with E-state index in [9.17, 15) is 0 Å². The molecule has 0 amide bonds. The molecule has 10 aromatic rings. The quantitative estimate of drug-likeness (QED) is 0.146. The van der Waals surface area contributed by atoms with Crippen molar-refractivity contribution in [2.75, 3.05) is 4.90 Å². The highest BCUT2D eigenvalue weighted by atomic mass is 15.1. The second-order valence-electron chi connectivity index (χ2n) is 12.5. The van der Waals surface area contributed by atoms with Crippen molar-refractivity contribution < 1.29 is 0 Å². The molecule has 0 aliphatic carbocycles. The van der Waals surface area contributed by atoms with Crippen LogP contribution in [0.4, 0.5) is 17.1 Å². The van der Waals surface area contributed by atoms with Gasteiger partial charge in [-0.1, -0.05) is 109 Å². The molecule has 0 saturated carbocycles. The summed E-state index contributed by atoms with van der Waals surface area (Å²) in [6.07, 6.45) is 0. The van der Waals surface area contributed by atoms with Crippen LogP contribution in [0.1, 0.15) is 0 Å². The first-order valence-electron chi connectivity index (χ1n) is 16.4. The topological polar surface area (TPSA) is 20.5 Å². The summed E-state index contributed by atoms with van der Waals surface area (Å²) >= 11 is 0. The van der Waals surface area contributed by atoms with Gasteiger partial charge in [-0.2, -0.15) is 0 Å². The van der Waals surface area contributed by atoms with Crippen LogP contribution >= 0.6 is 0 Å². The van der Waals surface area contributed by atoms with Crippen LogP contribution in [0.5, 0.6) is 0 Å². The SMILES string of the molecule is c1ccc(N(c2ccc(-c3ccc4c(c3)c3cc5ccccc5cc3c3nc5ccccc5n43)cc2)c2cccc3ccccc23)cc1. The van der Waals surface area contributed by atoms with Crippen molar-refractivity contribution in [1.82, 2.24) is 9.38 Å². The molecule has 0 radical (unpaired) electrons. The predicted molar refractivity (Wildman–Crippen MR) is 203 cm³/mol. The molecule has 0 saturated heterocycles. The summed E-state index contributed by atoms with van der Waals surface area (Å²) in [6, 6.07) is 63.3. The van der Waals surface area contributed by atoms with E-state index in [4.69, 9.17) is 4.98 Å². The molecule has 224 valence electrons. The molecule has 0 atom stereocenters. The summed E-state index contributed by atoms with van der Waals surface area (Å²) < 4.78 is 2.33. The fourth-order valence-electron chi connectivity index (χ4n) is 7.44. The summed E-state index contributed by atoms with van der Waals surface area (Å²) in [7, 11) is 0. The van der Waals surface area contributed by atoms with E-state index < -0.39 is 0 Å². The average molecular weight is 612 g/mol. The lowest BCUT2D eigenvalue weighted by Gasteiger charge is -2.27. The number of pyridine rings is 1. The minimum absolute atomic E-state index is 0.996. The average Bonchev–Trinajstić information content (AvgIpc) is 3.55. The number of nitrogens with zero attached hydrogens (tertiary/aromatic N) is 3. The number of fused-ring (bicyclic) bond motifs is 10. The maximum atomic E-state index is 5.13. The Morgan fingerprint density at radius 3 is 1.88 bits per heavy atom. The van der Waals surface area contributed by atoms with Gasteiger partial charge >= 0.3 is 0 Å². The fraction of sp³-hybridized carbons (Fsp3) is 0. The van der Waals surface area contributed by atoms with E-state index in [1.165, 1.54) is 48.8 Å². The molecule has 2 heterocycles. The van der Waals surface area contributed by atoms with Gasteiger partial charge in [0.05, 0.1) is 22.2 Å². The van der Waals surface area contributed by atoms with Crippen molar-refractivity contribution >= 4 is 77.0 Å². The summed E-state index contributed by atoms with van der Waals surface area (Å²) in [5.41, 5.74) is 10.1. The Morgan fingerprint density at radius 1 is 0.396 bits per heavy atom. The van der Waals surface area contributed by atoms with Crippen LogP contribution in [0.2, 0.25) is 0 Å². The number of aromatic nitrogens is 2. The third kappa shape index (κ3) is 4.11. The molecule has 10 rings (SSSR count). The molecular weight excluding hydrogens is 583 g/mol. The second kappa shape index (κ2) is 10.5. The maximum absolute atomic E-state index is 5.13. The molecule has 2 aromatic heterocycles. The number of anilines is 3. The zero-order valence-electron chi connectivity index (χ0n) is 26.1.